The van der Waals surface area contributed by atoms with Crippen molar-refractivity contribution in [3.63, 3.8) is 0 Å². The zero-order chi connectivity index (χ0) is 82.9. The lowest BCUT2D eigenvalue weighted by Gasteiger charge is -2.28. The van der Waals surface area contributed by atoms with E-state index in [9.17, 15) is 4.39 Å². The number of anilines is 9. The quantitative estimate of drug-likeness (QED) is 0.0941. The fraction of sp³-hybridized carbons (Fsp3) is 0. The third-order valence-corrected chi connectivity index (χ3v) is 22.1. The van der Waals surface area contributed by atoms with E-state index in [4.69, 9.17) is 28.4 Å². The highest BCUT2D eigenvalue weighted by molar-refractivity contribution is 5.86. The zero-order valence-electron chi connectivity index (χ0n) is 67.2. The van der Waals surface area contributed by atoms with Crippen LogP contribution in [-0.2, 0) is 0 Å². The van der Waals surface area contributed by atoms with Crippen LogP contribution in [0.25, 0.3) is 77.9 Å². The van der Waals surface area contributed by atoms with E-state index in [2.05, 4.69) is 306 Å². The summed E-state index contributed by atoms with van der Waals surface area (Å²) in [4.78, 5) is 6.68. The molecule has 3 heterocycles. The van der Waals surface area contributed by atoms with Crippen molar-refractivity contribution in [3.05, 3.63) is 479 Å². The molecular weight excluding hydrogens is 1530 g/mol. The molecule has 0 saturated heterocycles. The van der Waals surface area contributed by atoms with Gasteiger partial charge in [0.15, 0.2) is 69.0 Å². The van der Waals surface area contributed by atoms with Crippen LogP contribution in [0.1, 0.15) is 0 Å². The predicted molar refractivity (Wildman–Crippen MR) is 501 cm³/mol. The van der Waals surface area contributed by atoms with Crippen LogP contribution >= 0.6 is 0 Å². The fourth-order valence-corrected chi connectivity index (χ4v) is 15.8. The summed E-state index contributed by atoms with van der Waals surface area (Å²) in [5, 5.41) is 0. The first-order valence-corrected chi connectivity index (χ1v) is 41.2. The van der Waals surface area contributed by atoms with E-state index >= 15 is 0 Å². The predicted octanol–water partition coefficient (Wildman–Crippen LogP) is 33.0. The summed E-state index contributed by atoms with van der Waals surface area (Å²) in [5.74, 6) is 8.14. The molecule has 0 bridgehead atoms. The summed E-state index contributed by atoms with van der Waals surface area (Å²) in [6.45, 7) is 0. The second kappa shape index (κ2) is 34.7. The Kier molecular flexibility index (Phi) is 21.3. The number of hydrogen-bond acceptors (Lipinski definition) is 9. The Labute approximate surface area is 720 Å². The number of rotatable bonds is 16. The highest BCUT2D eigenvalue weighted by atomic mass is 19.1. The Morgan fingerprint density at radius 2 is 0.258 bits per heavy atom. The summed E-state index contributed by atoms with van der Waals surface area (Å²) in [5.41, 5.74) is 25.3. The molecular formula is C114H78FN3O6. The Hall–Kier alpha value is -16.7. The largest absolute Gasteiger partial charge is 0.450 e. The Balaban J connectivity index is 0.000000118. The van der Waals surface area contributed by atoms with E-state index in [1.54, 1.807) is 12.1 Å². The third kappa shape index (κ3) is 16.5. The van der Waals surface area contributed by atoms with Crippen molar-refractivity contribution in [3.8, 4) is 147 Å². The maximum atomic E-state index is 13.5. The maximum absolute atomic E-state index is 13.5. The molecule has 0 aromatic heterocycles. The molecule has 19 aromatic rings. The van der Waals surface area contributed by atoms with Crippen LogP contribution < -0.4 is 43.1 Å². The van der Waals surface area contributed by atoms with E-state index in [1.165, 1.54) is 67.8 Å². The molecule has 0 amide bonds. The first-order valence-electron chi connectivity index (χ1n) is 41.2. The van der Waals surface area contributed by atoms with Gasteiger partial charge in [-0.25, -0.2) is 4.39 Å². The van der Waals surface area contributed by atoms with Gasteiger partial charge in [0.2, 0.25) is 0 Å². The molecule has 124 heavy (non-hydrogen) atoms. The lowest BCUT2D eigenvalue weighted by molar-refractivity contribution is 0.360. The molecule has 10 heteroatoms. The van der Waals surface area contributed by atoms with Crippen LogP contribution in [0.4, 0.5) is 55.6 Å². The number of fused-ring (bicyclic) bond motifs is 6. The summed E-state index contributed by atoms with van der Waals surface area (Å²) >= 11 is 0. The number of benzene rings is 19. The van der Waals surface area contributed by atoms with E-state index in [0.717, 1.165) is 84.9 Å². The van der Waals surface area contributed by atoms with Gasteiger partial charge in [-0.05, 0) is 236 Å². The molecule has 3 aliphatic rings. The van der Waals surface area contributed by atoms with Gasteiger partial charge < -0.3 is 43.1 Å². The van der Waals surface area contributed by atoms with Crippen molar-refractivity contribution in [1.82, 2.24) is 0 Å². The van der Waals surface area contributed by atoms with Crippen LogP contribution in [0.2, 0.25) is 0 Å². The Morgan fingerprint density at radius 1 is 0.121 bits per heavy atom. The summed E-state index contributed by atoms with van der Waals surface area (Å²) in [6.07, 6.45) is 0. The Bertz CT molecular complexity index is 6830. The highest BCUT2D eigenvalue weighted by Crippen LogP contribution is 2.53. The Morgan fingerprint density at radius 3 is 0.452 bits per heavy atom. The van der Waals surface area contributed by atoms with Gasteiger partial charge in [0, 0.05) is 52.3 Å². The van der Waals surface area contributed by atoms with Crippen molar-refractivity contribution in [2.75, 3.05) is 14.7 Å². The standard InChI is InChI=1S/C42H29NO2.C36H24FNO2.C36H25NO2/c1-3-9-30(10-4-1)32-15-17-33(18-16-32)35-21-25-37(26-22-35)43(36-23-19-34(20-24-36)31-11-5-2-6-12-31)38-27-28-41-42(29-38)45-40-14-8-7-13-39(40)44-41;37-29-16-10-26(11-17-29)28-14-20-31(21-15-28)38(30-18-12-27(13-19-30)25-6-2-1-3-7-25)32-22-23-35-36(24-32)40-34-9-5-4-8-33(34)39-35;1-3-9-26(10-4-1)28-15-19-30(20-16-28)37(31-21-17-29(18-22-31)27-11-5-2-6-12-27)32-23-24-35-36(25-32)39-34-14-8-7-13-33(34)38-35/h1-29H;1-24H;1-25H. The van der Waals surface area contributed by atoms with Crippen LogP contribution in [0, 0.1) is 5.82 Å². The lowest BCUT2D eigenvalue weighted by atomic mass is 10.00. The number of nitrogens with zero attached hydrogens (tertiary/aromatic N) is 3. The molecule has 22 rings (SSSR count). The van der Waals surface area contributed by atoms with Gasteiger partial charge in [-0.15, -0.1) is 0 Å². The summed E-state index contributed by atoms with van der Waals surface area (Å²) in [6, 6.07) is 160. The fourth-order valence-electron chi connectivity index (χ4n) is 15.8. The maximum Gasteiger partial charge on any atom is 0.172 e. The summed E-state index contributed by atoms with van der Waals surface area (Å²) < 4.78 is 50.6. The van der Waals surface area contributed by atoms with Gasteiger partial charge in [-0.1, -0.05) is 297 Å². The minimum Gasteiger partial charge on any atom is -0.450 e. The second-order valence-corrected chi connectivity index (χ2v) is 30.0. The minimum atomic E-state index is -0.244. The van der Waals surface area contributed by atoms with Gasteiger partial charge in [-0.3, -0.25) is 0 Å². The molecule has 0 N–H and O–H groups in total. The molecule has 0 fully saturated rings. The van der Waals surface area contributed by atoms with Gasteiger partial charge in [0.1, 0.15) is 5.82 Å². The smallest absolute Gasteiger partial charge is 0.172 e. The van der Waals surface area contributed by atoms with E-state index in [1.807, 2.05) is 158 Å². The molecule has 0 aliphatic carbocycles. The van der Waals surface area contributed by atoms with Crippen LogP contribution in [0.3, 0.4) is 0 Å². The van der Waals surface area contributed by atoms with Gasteiger partial charge in [0.25, 0.3) is 0 Å². The monoisotopic (exact) mass is 1600 g/mol. The average Bonchev–Trinajstić information content (AvgIpc) is 0.780. The third-order valence-electron chi connectivity index (χ3n) is 22.1. The molecule has 0 unspecified atom stereocenters. The second-order valence-electron chi connectivity index (χ2n) is 30.0. The normalized spacial score (nSPS) is 11.5. The number of halogens is 1. The number of para-hydroxylation sites is 6. The van der Waals surface area contributed by atoms with Crippen LogP contribution in [0.5, 0.6) is 69.0 Å². The van der Waals surface area contributed by atoms with E-state index < -0.39 is 0 Å². The first-order chi connectivity index (χ1) is 61.3. The molecule has 0 spiro atoms. The molecule has 0 radical (unpaired) electrons. The van der Waals surface area contributed by atoms with Crippen molar-refractivity contribution in [2.45, 2.75) is 0 Å². The number of hydrogen-bond donors (Lipinski definition) is 0. The van der Waals surface area contributed by atoms with Gasteiger partial charge in [-0.2, -0.15) is 0 Å². The van der Waals surface area contributed by atoms with Crippen molar-refractivity contribution < 1.29 is 32.8 Å². The summed E-state index contributed by atoms with van der Waals surface area (Å²) in [7, 11) is 0. The van der Waals surface area contributed by atoms with E-state index in [0.29, 0.717) is 57.5 Å². The molecule has 592 valence electrons. The minimum absolute atomic E-state index is 0.244. The SMILES string of the molecule is Fc1ccc(-c2ccc(N(c3ccc(-c4ccccc4)cc3)c3ccc4c(c3)Oc3ccccc3O4)cc2)cc1.c1ccc(-c2ccc(-c3ccc(N(c4ccc(-c5ccccc5)cc4)c4ccc5c(c4)Oc4ccccc4O5)cc3)cc2)cc1.c1ccc(-c2ccc(N(c3ccc(-c4ccccc4)cc3)c3ccc4c(c3)Oc3ccccc3O4)cc2)cc1. The van der Waals surface area contributed by atoms with Crippen molar-refractivity contribution in [1.29, 1.82) is 0 Å². The highest BCUT2D eigenvalue weighted by Gasteiger charge is 2.27. The first kappa shape index (κ1) is 76.0. The topological polar surface area (TPSA) is 65.1 Å². The molecule has 9 nitrogen and oxygen atoms in total. The lowest BCUT2D eigenvalue weighted by Crippen LogP contribution is -2.10. The van der Waals surface area contributed by atoms with Crippen molar-refractivity contribution >= 4 is 51.2 Å². The van der Waals surface area contributed by atoms with Crippen molar-refractivity contribution in [2.24, 2.45) is 0 Å². The molecule has 0 atom stereocenters. The van der Waals surface area contributed by atoms with E-state index in [-0.39, 0.29) is 5.82 Å². The van der Waals surface area contributed by atoms with Gasteiger partial charge >= 0.3 is 0 Å². The van der Waals surface area contributed by atoms with Crippen LogP contribution in [0.15, 0.2) is 473 Å². The zero-order valence-corrected chi connectivity index (χ0v) is 67.2. The van der Waals surface area contributed by atoms with Crippen LogP contribution in [-0.4, -0.2) is 0 Å². The average molecular weight is 1600 g/mol. The molecule has 19 aromatic carbocycles. The molecule has 0 saturated carbocycles. The molecule has 3 aliphatic heterocycles. The number of ether oxygens (including phenoxy) is 6. The van der Waals surface area contributed by atoms with Gasteiger partial charge in [0.05, 0.1) is 17.1 Å².